The van der Waals surface area contributed by atoms with Crippen LogP contribution in [0.4, 0.5) is 0 Å². The first kappa shape index (κ1) is 91.1. The summed E-state index contributed by atoms with van der Waals surface area (Å²) in [6, 6.07) is 152. The molecule has 0 N–H and O–H groups in total. The van der Waals surface area contributed by atoms with Gasteiger partial charge in [0.25, 0.3) is 0 Å². The molecule has 0 atom stereocenters. The van der Waals surface area contributed by atoms with E-state index in [1.54, 1.807) is 18.6 Å². The van der Waals surface area contributed by atoms with E-state index in [0.717, 1.165) is 111 Å². The molecule has 28 aromatic rings. The third kappa shape index (κ3) is 17.1. The summed E-state index contributed by atoms with van der Waals surface area (Å²) in [6.45, 7) is 11.0. The quantitative estimate of drug-likeness (QED) is 0.133. The maximum Gasteiger partial charge on any atom is 0.123 e. The molecule has 13 aromatic heterocycles. The third-order valence-corrected chi connectivity index (χ3v) is 25.8. The first-order valence-electron chi connectivity index (χ1n) is 45.9. The zero-order valence-corrected chi connectivity index (χ0v) is 83.5. The summed E-state index contributed by atoms with van der Waals surface area (Å²) in [5, 5.41) is 17.1. The van der Waals surface area contributed by atoms with Crippen LogP contribution in [-0.2, 0) is 60.3 Å². The first-order valence-corrected chi connectivity index (χ1v) is 45.9. The van der Waals surface area contributed by atoms with E-state index in [-0.39, 0.29) is 60.3 Å². The van der Waals surface area contributed by atoms with Gasteiger partial charge in [0.1, 0.15) is 5.58 Å². The minimum Gasteiger partial charge on any atom is -0.491 e. The topological polar surface area (TPSA) is 104 Å². The smallest absolute Gasteiger partial charge is 0.123 e. The van der Waals surface area contributed by atoms with Gasteiger partial charge in [-0.1, -0.05) is 293 Å². The molecule has 0 unspecified atom stereocenters. The molecule has 0 saturated heterocycles. The van der Waals surface area contributed by atoms with E-state index in [9.17, 15) is 0 Å². The van der Waals surface area contributed by atoms with Crippen molar-refractivity contribution < 1.29 is 64.7 Å². The predicted molar refractivity (Wildman–Crippen MR) is 561 cm³/mol. The molecule has 3 radical (unpaired) electrons. The van der Waals surface area contributed by atoms with Gasteiger partial charge in [0.15, 0.2) is 0 Å². The van der Waals surface area contributed by atoms with Crippen molar-refractivity contribution in [1.29, 1.82) is 0 Å². The van der Waals surface area contributed by atoms with Gasteiger partial charge in [0.2, 0.25) is 0 Å². The Morgan fingerprint density at radius 1 is 0.266 bits per heavy atom. The number of hydrogen-bond donors (Lipinski definition) is 0. The standard InChI is InChI=1S/C32H21N2O.C32H23N2.C29H17N2.3C11H8N.3Ir/c1-18(2)19-14-15-33-26(16-19)25-17-24-22-11-7-10-21-20-8-3-5-12-27(20)34(30(21)22)31(24)29-23-9-4-6-13-28(23)35-32(25)29;1-19-15-20(2)31(21(3)16-19)23-13-14-33-28(18-23)22-11-12-30-27(17-22)26-9-6-8-25-24-7-4-5-10-29(24)34(30)32(25)26;1-2-7-19(8-3-1)20-15-16-30-26(18-20)21-13-14-28-25(17-21)24-11-6-10-23-22-9-4-5-12-27(22)31(28)29(23)24;3*1-2-6-10(7-3-1)11-8-4-5-9-12-11;;;/h3-16,18H,1-2H3;4-16,18H,1-3H3;1-16,18H;3*1-6,8-9H;;;/q6*-1;;;. The zero-order chi connectivity index (χ0) is 91.3. The van der Waals surface area contributed by atoms with Gasteiger partial charge in [-0.15, -0.1) is 150 Å². The summed E-state index contributed by atoms with van der Waals surface area (Å²) < 4.78 is 13.7. The molecule has 10 nitrogen and oxygen atoms in total. The van der Waals surface area contributed by atoms with Crippen molar-refractivity contribution in [2.75, 3.05) is 0 Å². The van der Waals surface area contributed by atoms with Gasteiger partial charge >= 0.3 is 0 Å². The number of furan rings is 1. The molecular formula is C126H85Ir3N9O-6. The number of pyridine rings is 6. The van der Waals surface area contributed by atoms with E-state index >= 15 is 0 Å². The molecule has 0 spiro atoms. The van der Waals surface area contributed by atoms with Gasteiger partial charge in [-0.05, 0) is 165 Å². The first-order chi connectivity index (χ1) is 67.1. The predicted octanol–water partition coefficient (Wildman–Crippen LogP) is 32.0. The second-order valence-electron chi connectivity index (χ2n) is 34.6. The number of aromatic nitrogens is 9. The average Bonchev–Trinajstić information content (AvgIpc) is 1.53. The van der Waals surface area contributed by atoms with Crippen LogP contribution in [-0.4, -0.2) is 43.1 Å². The van der Waals surface area contributed by atoms with Crippen molar-refractivity contribution in [2.24, 2.45) is 0 Å². The molecule has 0 fully saturated rings. The minimum absolute atomic E-state index is 0. The number of benzene rings is 15. The average molecular weight is 2320 g/mol. The van der Waals surface area contributed by atoms with Gasteiger partial charge in [-0.3, -0.25) is 15.0 Å². The van der Waals surface area contributed by atoms with Crippen molar-refractivity contribution in [3.63, 3.8) is 0 Å². The van der Waals surface area contributed by atoms with Crippen molar-refractivity contribution in [1.82, 2.24) is 43.1 Å². The van der Waals surface area contributed by atoms with Crippen LogP contribution in [0.5, 0.6) is 0 Å². The second-order valence-corrected chi connectivity index (χ2v) is 34.6. The number of hydrogen-bond acceptors (Lipinski definition) is 7. The van der Waals surface area contributed by atoms with Crippen LogP contribution >= 0.6 is 0 Å². The van der Waals surface area contributed by atoms with Crippen molar-refractivity contribution in [3.8, 4) is 89.8 Å². The molecule has 28 rings (SSSR count). The minimum atomic E-state index is 0. The zero-order valence-electron chi connectivity index (χ0n) is 76.3. The van der Waals surface area contributed by atoms with Crippen LogP contribution in [0, 0.1) is 57.2 Å². The maximum atomic E-state index is 6.56. The number of fused-ring (bicyclic) bond motifs is 22. The molecule has 139 heavy (non-hydrogen) atoms. The van der Waals surface area contributed by atoms with Crippen LogP contribution in [0.15, 0.2) is 424 Å². The molecule has 0 aliphatic heterocycles. The fourth-order valence-electron chi connectivity index (χ4n) is 19.8. The Hall–Kier alpha value is -15.7. The molecule has 0 bridgehead atoms. The summed E-state index contributed by atoms with van der Waals surface area (Å²) in [5.41, 5.74) is 34.6. The van der Waals surface area contributed by atoms with Gasteiger partial charge in [0, 0.05) is 185 Å². The molecule has 0 aliphatic carbocycles. The Bertz CT molecular complexity index is 8920. The van der Waals surface area contributed by atoms with Crippen LogP contribution in [0.2, 0.25) is 0 Å². The van der Waals surface area contributed by atoms with E-state index in [4.69, 9.17) is 14.4 Å². The van der Waals surface area contributed by atoms with E-state index in [2.05, 4.69) is 347 Å². The Balaban J connectivity index is 0.000000108. The summed E-state index contributed by atoms with van der Waals surface area (Å²) >= 11 is 0. The Morgan fingerprint density at radius 2 is 0.662 bits per heavy atom. The Morgan fingerprint density at radius 3 is 1.14 bits per heavy atom. The summed E-state index contributed by atoms with van der Waals surface area (Å²) in [5.74, 6) is 0.415. The van der Waals surface area contributed by atoms with Crippen LogP contribution in [0.1, 0.15) is 42.0 Å². The van der Waals surface area contributed by atoms with Crippen LogP contribution < -0.4 is 0 Å². The second kappa shape index (κ2) is 39.6. The SMILES string of the molecule is CC(C)c1ccnc(-c2[c-]c3c4cccc5c6ccccc6n(c45)c3c3c2oc2ccccc23)c1.Cc1cc(C)c(-c2ccnc(-c3[c-]c4c5cccc6c7ccccc7n(c4cc3)c56)c2)c(C)c1.[Ir].[Ir].[Ir].[c-]1c(-c2cc(-c3ccccc3)ccn2)ccc2c1c1cccc3c4ccccc4n2c13.[c-]1ccccc1-c1ccccn1.[c-]1ccccc1-c1ccccn1.[c-]1ccccc1-c1ccccn1. The number of aryl methyl sites for hydroxylation is 3. The number of nitrogens with zero attached hydrogens (tertiary/aromatic N) is 9. The summed E-state index contributed by atoms with van der Waals surface area (Å²) in [4.78, 5) is 26.8. The van der Waals surface area contributed by atoms with Crippen molar-refractivity contribution in [3.05, 3.63) is 478 Å². The Labute approximate surface area is 845 Å². The van der Waals surface area contributed by atoms with E-state index in [1.807, 2.05) is 158 Å². The van der Waals surface area contributed by atoms with Gasteiger partial charge in [-0.2, -0.15) is 0 Å². The monoisotopic (exact) mass is 2320 g/mol. The van der Waals surface area contributed by atoms with Crippen molar-refractivity contribution in [2.45, 2.75) is 40.5 Å². The van der Waals surface area contributed by atoms with E-state index in [0.29, 0.717) is 5.92 Å². The molecule has 0 amide bonds. The molecule has 0 aliphatic rings. The maximum absolute atomic E-state index is 6.56. The van der Waals surface area contributed by atoms with E-state index < -0.39 is 0 Å². The van der Waals surface area contributed by atoms with E-state index in [1.165, 1.54) is 137 Å². The van der Waals surface area contributed by atoms with Gasteiger partial charge in [0.05, 0.1) is 5.58 Å². The summed E-state index contributed by atoms with van der Waals surface area (Å²) in [6.07, 6.45) is 11.1. The fourth-order valence-corrected chi connectivity index (χ4v) is 19.8. The third-order valence-electron chi connectivity index (χ3n) is 25.8. The van der Waals surface area contributed by atoms with Crippen LogP contribution in [0.3, 0.4) is 0 Å². The largest absolute Gasteiger partial charge is 0.491 e. The van der Waals surface area contributed by atoms with Crippen LogP contribution in [0.25, 0.3) is 226 Å². The van der Waals surface area contributed by atoms with Gasteiger partial charge in [-0.25, -0.2) is 0 Å². The molecule has 673 valence electrons. The number of para-hydroxylation sites is 7. The fraction of sp³-hybridized carbons (Fsp3) is 0.0476. The molecule has 15 aromatic carbocycles. The summed E-state index contributed by atoms with van der Waals surface area (Å²) in [7, 11) is 0. The normalized spacial score (nSPS) is 11.2. The molecule has 13 heteroatoms. The van der Waals surface area contributed by atoms with Crippen molar-refractivity contribution >= 4 is 136 Å². The molecule has 0 saturated carbocycles. The molecule has 13 heterocycles. The Kier molecular flexibility index (Phi) is 25.9. The van der Waals surface area contributed by atoms with Gasteiger partial charge < -0.3 is 32.6 Å². The number of rotatable bonds is 9. The molecular weight excluding hydrogens is 2230 g/mol.